The molecule has 0 saturated carbocycles. The SMILES string of the molecule is C/C=C/C(=O)C[C@@H]1CC[C@@H](C)[C@H](CC(=O)NC[C@@H](O[Si](C)(C)C(C)(C)C)[C@@H](C)C(=O)NCCC[C@H]2O[C@@]3(CCC[C@@H](CC[C@H](C)/C=C(\C)[C@H](C)O[Si](C)(C)C(C)(C)C)O3)CC[C@@H]2C)O1. The van der Waals surface area contributed by atoms with Crippen molar-refractivity contribution in [1.29, 1.82) is 0 Å². The van der Waals surface area contributed by atoms with Crippen molar-refractivity contribution in [1.82, 2.24) is 10.6 Å². The first-order chi connectivity index (χ1) is 29.6. The lowest BCUT2D eigenvalue weighted by atomic mass is 9.85. The van der Waals surface area contributed by atoms with Crippen LogP contribution in [0.3, 0.4) is 0 Å². The van der Waals surface area contributed by atoms with E-state index in [1.165, 1.54) is 5.57 Å². The fraction of sp³-hybridized carbons (Fsp3) is 0.865. The lowest BCUT2D eigenvalue weighted by molar-refractivity contribution is -0.324. The molecule has 0 radical (unpaired) electrons. The minimum Gasteiger partial charge on any atom is -0.411 e. The molecule has 3 aliphatic rings. The monoisotopic (exact) mass is 933 g/mol. The molecule has 3 rings (SSSR count). The van der Waals surface area contributed by atoms with Gasteiger partial charge in [-0.3, -0.25) is 14.4 Å². The molecule has 3 saturated heterocycles. The fourth-order valence-corrected chi connectivity index (χ4v) is 11.7. The van der Waals surface area contributed by atoms with Crippen LogP contribution in [0.15, 0.2) is 23.8 Å². The van der Waals surface area contributed by atoms with Crippen LogP contribution in [0.4, 0.5) is 0 Å². The Kier molecular flexibility index (Phi) is 21.7. The molecule has 10 nitrogen and oxygen atoms in total. The van der Waals surface area contributed by atoms with Gasteiger partial charge in [0.05, 0.1) is 49.0 Å². The predicted molar refractivity (Wildman–Crippen MR) is 267 cm³/mol. The van der Waals surface area contributed by atoms with Gasteiger partial charge in [-0.15, -0.1) is 0 Å². The van der Waals surface area contributed by atoms with Crippen LogP contribution >= 0.6 is 0 Å². The first kappa shape index (κ1) is 56.6. The molecule has 3 fully saturated rings. The summed E-state index contributed by atoms with van der Waals surface area (Å²) in [5, 5.41) is 6.43. The summed E-state index contributed by atoms with van der Waals surface area (Å²) in [6, 6.07) is 0. The zero-order valence-corrected chi connectivity index (χ0v) is 45.9. The molecule has 3 heterocycles. The second-order valence-electron chi connectivity index (χ2n) is 23.4. The highest BCUT2D eigenvalue weighted by Crippen LogP contribution is 2.44. The van der Waals surface area contributed by atoms with E-state index in [9.17, 15) is 14.4 Å². The van der Waals surface area contributed by atoms with Crippen molar-refractivity contribution < 1.29 is 37.4 Å². The molecular formula is C52H96N2O8Si2. The molecule has 1 spiro atoms. The number of hydrogen-bond donors (Lipinski definition) is 2. The number of nitrogens with one attached hydrogen (secondary N) is 2. The summed E-state index contributed by atoms with van der Waals surface area (Å²) in [5.41, 5.74) is 1.32. The summed E-state index contributed by atoms with van der Waals surface area (Å²) in [5.74, 6) is -0.0477. The summed E-state index contributed by atoms with van der Waals surface area (Å²) in [4.78, 5) is 39.4. The van der Waals surface area contributed by atoms with Gasteiger partial charge in [-0.25, -0.2) is 0 Å². The fourth-order valence-electron chi connectivity index (χ4n) is 8.90. The van der Waals surface area contributed by atoms with Gasteiger partial charge in [0.15, 0.2) is 28.2 Å². The van der Waals surface area contributed by atoms with Crippen LogP contribution in [0.25, 0.3) is 0 Å². The van der Waals surface area contributed by atoms with Crippen LogP contribution < -0.4 is 10.6 Å². The molecule has 0 aromatic rings. The third-order valence-corrected chi connectivity index (χ3v) is 24.7. The quantitative estimate of drug-likeness (QED) is 0.0476. The number of rotatable bonds is 22. The lowest BCUT2D eigenvalue weighted by Gasteiger charge is -2.48. The van der Waals surface area contributed by atoms with Crippen molar-refractivity contribution in [2.75, 3.05) is 13.1 Å². The summed E-state index contributed by atoms with van der Waals surface area (Å²) < 4.78 is 33.6. The van der Waals surface area contributed by atoms with E-state index in [0.717, 1.165) is 70.6 Å². The van der Waals surface area contributed by atoms with Gasteiger partial charge in [-0.1, -0.05) is 81.4 Å². The van der Waals surface area contributed by atoms with Gasteiger partial charge in [0, 0.05) is 32.4 Å². The van der Waals surface area contributed by atoms with E-state index in [2.05, 4.69) is 119 Å². The molecule has 370 valence electrons. The Hall–Kier alpha value is -1.68. The highest BCUT2D eigenvalue weighted by Gasteiger charge is 2.45. The molecular weight excluding hydrogens is 837 g/mol. The zero-order valence-electron chi connectivity index (χ0n) is 43.9. The van der Waals surface area contributed by atoms with Gasteiger partial charge >= 0.3 is 0 Å². The number of ether oxygens (including phenoxy) is 3. The van der Waals surface area contributed by atoms with E-state index >= 15 is 0 Å². The molecule has 11 atom stereocenters. The molecule has 0 unspecified atom stereocenters. The Balaban J connectivity index is 1.52. The smallest absolute Gasteiger partial charge is 0.225 e. The van der Waals surface area contributed by atoms with Crippen LogP contribution in [0.2, 0.25) is 36.3 Å². The van der Waals surface area contributed by atoms with Gasteiger partial charge in [0.25, 0.3) is 0 Å². The van der Waals surface area contributed by atoms with Crippen molar-refractivity contribution in [2.45, 2.75) is 252 Å². The number of allylic oxidation sites excluding steroid dienone is 3. The van der Waals surface area contributed by atoms with E-state index in [1.54, 1.807) is 12.2 Å². The highest BCUT2D eigenvalue weighted by atomic mass is 28.4. The predicted octanol–water partition coefficient (Wildman–Crippen LogP) is 12.0. The van der Waals surface area contributed by atoms with Crippen LogP contribution in [0, 0.1) is 23.7 Å². The van der Waals surface area contributed by atoms with Gasteiger partial charge in [-0.05, 0) is 144 Å². The molecule has 2 N–H and O–H groups in total. The van der Waals surface area contributed by atoms with Gasteiger partial charge in [0.1, 0.15) is 0 Å². The maximum absolute atomic E-state index is 13.8. The highest BCUT2D eigenvalue weighted by molar-refractivity contribution is 6.74. The largest absolute Gasteiger partial charge is 0.411 e. The first-order valence-electron chi connectivity index (χ1n) is 25.3. The Labute approximate surface area is 393 Å². The number of carbonyl (C=O) groups is 3. The van der Waals surface area contributed by atoms with Crippen LogP contribution in [0.5, 0.6) is 0 Å². The van der Waals surface area contributed by atoms with Crippen LogP contribution in [0.1, 0.15) is 173 Å². The molecule has 0 aromatic carbocycles. The molecule has 0 aromatic heterocycles. The average Bonchev–Trinajstić information content (AvgIpc) is 3.18. The Morgan fingerprint density at radius 1 is 0.797 bits per heavy atom. The van der Waals surface area contributed by atoms with Gasteiger partial charge in [0.2, 0.25) is 11.8 Å². The molecule has 64 heavy (non-hydrogen) atoms. The maximum Gasteiger partial charge on any atom is 0.225 e. The first-order valence-corrected chi connectivity index (χ1v) is 31.1. The van der Waals surface area contributed by atoms with E-state index in [0.29, 0.717) is 24.8 Å². The minimum absolute atomic E-state index is 0.0462. The molecule has 0 aliphatic carbocycles. The number of ketones is 1. The summed E-state index contributed by atoms with van der Waals surface area (Å²) >= 11 is 0. The maximum atomic E-state index is 13.8. The van der Waals surface area contributed by atoms with Crippen LogP contribution in [-0.2, 0) is 37.4 Å². The summed E-state index contributed by atoms with van der Waals surface area (Å²) in [7, 11) is -4.13. The summed E-state index contributed by atoms with van der Waals surface area (Å²) in [6.45, 7) is 38.1. The van der Waals surface area contributed by atoms with E-state index in [4.69, 9.17) is 23.1 Å². The van der Waals surface area contributed by atoms with Crippen molar-refractivity contribution >= 4 is 34.2 Å². The third kappa shape index (κ3) is 17.4. The number of hydrogen-bond acceptors (Lipinski definition) is 8. The van der Waals surface area contributed by atoms with E-state index < -0.39 is 34.4 Å². The van der Waals surface area contributed by atoms with E-state index in [1.807, 2.05) is 13.8 Å². The van der Waals surface area contributed by atoms with Crippen LogP contribution in [-0.4, -0.2) is 89.7 Å². The van der Waals surface area contributed by atoms with Crippen molar-refractivity contribution in [3.63, 3.8) is 0 Å². The number of amides is 2. The third-order valence-electron chi connectivity index (χ3n) is 15.7. The second kappa shape index (κ2) is 24.6. The Morgan fingerprint density at radius 2 is 1.44 bits per heavy atom. The molecule has 3 aliphatic heterocycles. The number of carbonyl (C=O) groups excluding carboxylic acids is 3. The van der Waals surface area contributed by atoms with E-state index in [-0.39, 0.29) is 77.1 Å². The molecule has 0 bridgehead atoms. The zero-order chi connectivity index (χ0) is 48.3. The second-order valence-corrected chi connectivity index (χ2v) is 32.9. The van der Waals surface area contributed by atoms with Gasteiger partial charge < -0.3 is 33.7 Å². The average molecular weight is 934 g/mol. The normalized spacial score (nSPS) is 28.4. The minimum atomic E-state index is -2.29. The molecule has 2 amide bonds. The lowest BCUT2D eigenvalue weighted by Crippen LogP contribution is -2.52. The van der Waals surface area contributed by atoms with Gasteiger partial charge in [-0.2, -0.15) is 0 Å². The Bertz CT molecular complexity index is 1550. The Morgan fingerprint density at radius 3 is 2.08 bits per heavy atom. The van der Waals surface area contributed by atoms with Crippen molar-refractivity contribution in [3.05, 3.63) is 23.8 Å². The topological polar surface area (TPSA) is 121 Å². The van der Waals surface area contributed by atoms with Crippen molar-refractivity contribution in [2.24, 2.45) is 23.7 Å². The molecule has 12 heteroatoms. The summed E-state index contributed by atoms with van der Waals surface area (Å²) in [6.07, 6.45) is 16.4. The standard InChI is InChI=1S/C52H96N2O8Si2/c1-18-21-42(55)33-44-27-25-37(3)46(58-44)34-48(56)54-35-47(62-64(16,17)51(11,12)13)40(6)49(57)53-31-20-23-45-38(4)28-30-52(60-45)29-19-22-43(59-52)26-24-36(2)32-39(5)41(7)61-63(14,15)50(8,9)10/h18,21,32,36-38,40-41,43-47H,19-20,22-31,33-35H2,1-17H3,(H,53,57)(H,54,56)/b21-18+,39-32+/t36-,37+,38-,40+,41-,43-,44-,45+,46-,47+,52-/m0/s1. The van der Waals surface area contributed by atoms with Crippen molar-refractivity contribution in [3.8, 4) is 0 Å².